The molecule has 0 bridgehead atoms. The van der Waals surface area contributed by atoms with Gasteiger partial charge in [0, 0.05) is 0 Å². The maximum atomic E-state index is 4.93. The van der Waals surface area contributed by atoms with Crippen LogP contribution in [-0.2, 0) is 20.8 Å². The molecule has 2 saturated carbocycles. The zero-order chi connectivity index (χ0) is 17.6. The second-order valence-electron chi connectivity index (χ2n) is 7.50. The van der Waals surface area contributed by atoms with Gasteiger partial charge in [0.25, 0.3) is 0 Å². The molecule has 0 radical (unpaired) electrons. The minimum absolute atomic E-state index is 0. The minimum atomic E-state index is -0.826. The molecule has 0 nitrogen and oxygen atoms in total. The molecule has 0 saturated heterocycles. The van der Waals surface area contributed by atoms with Crippen molar-refractivity contribution in [1.82, 2.24) is 0 Å². The first-order valence-electron chi connectivity index (χ1n) is 10.1. The Morgan fingerprint density at radius 1 is 0.846 bits per heavy atom. The predicted molar refractivity (Wildman–Crippen MR) is 119 cm³/mol. The van der Waals surface area contributed by atoms with Crippen molar-refractivity contribution in [3.63, 3.8) is 0 Å². The summed E-state index contributed by atoms with van der Waals surface area (Å²) in [7, 11) is 9.87. The number of hydrogen-bond acceptors (Lipinski definition) is 0. The molecule has 2 fully saturated rings. The standard InChI is InChI=1S/C12H18.C9H18.2CH3.2ClH.Zr/c1-2-5-10-8-9-11-6-3-4-7-12(10)11;1-2-3-6-9-7-4-5-8-9;;;;;/h3-4,6-7,10-12H,2,5,8-9H2,1H3;9H,2-8H2,1H3;2*1H3;2*1H;/q;;2*-1;;;+4/p-2. The molecule has 3 unspecified atom stereocenters. The molecule has 0 aromatic rings. The fourth-order valence-corrected chi connectivity index (χ4v) is 4.56. The van der Waals surface area contributed by atoms with E-state index in [-0.39, 0.29) is 14.9 Å². The summed E-state index contributed by atoms with van der Waals surface area (Å²) >= 11 is -0.826. The van der Waals surface area contributed by atoms with Gasteiger partial charge in [-0.05, 0) is 36.5 Å². The van der Waals surface area contributed by atoms with Gasteiger partial charge in [-0.3, -0.25) is 0 Å². The molecule has 3 heteroatoms. The summed E-state index contributed by atoms with van der Waals surface area (Å²) in [6, 6.07) is 0. The summed E-state index contributed by atoms with van der Waals surface area (Å²) < 4.78 is 0. The van der Waals surface area contributed by atoms with Gasteiger partial charge >= 0.3 is 37.9 Å². The topological polar surface area (TPSA) is 0 Å². The van der Waals surface area contributed by atoms with Gasteiger partial charge in [0.15, 0.2) is 0 Å². The Kier molecular flexibility index (Phi) is 21.6. The Labute approximate surface area is 184 Å². The van der Waals surface area contributed by atoms with Crippen LogP contribution in [0.5, 0.6) is 0 Å². The molecule has 0 aromatic heterocycles. The molecule has 3 rings (SSSR count). The maximum absolute atomic E-state index is 4.93. The summed E-state index contributed by atoms with van der Waals surface area (Å²) in [6.45, 7) is 4.59. The number of hydrogen-bond donors (Lipinski definition) is 0. The number of fused-ring (bicyclic) bond motifs is 1. The third kappa shape index (κ3) is 11.7. The Morgan fingerprint density at radius 2 is 1.46 bits per heavy atom. The zero-order valence-electron chi connectivity index (χ0n) is 17.7. The molecular weight excluding hydrogens is 438 g/mol. The summed E-state index contributed by atoms with van der Waals surface area (Å²) in [5.41, 5.74) is 0. The van der Waals surface area contributed by atoms with Crippen LogP contribution in [0.1, 0.15) is 84.5 Å². The fourth-order valence-electron chi connectivity index (χ4n) is 4.56. The van der Waals surface area contributed by atoms with Gasteiger partial charge in [-0.25, -0.2) is 0 Å². The quantitative estimate of drug-likeness (QED) is 0.344. The van der Waals surface area contributed by atoms with Crippen LogP contribution in [-0.4, -0.2) is 0 Å². The molecule has 0 N–H and O–H groups in total. The molecule has 0 spiro atoms. The monoisotopic (exact) mass is 478 g/mol. The third-order valence-corrected chi connectivity index (χ3v) is 5.81. The van der Waals surface area contributed by atoms with Crippen LogP contribution < -0.4 is 0 Å². The van der Waals surface area contributed by atoms with E-state index >= 15 is 0 Å². The van der Waals surface area contributed by atoms with E-state index in [1.807, 2.05) is 0 Å². The van der Waals surface area contributed by atoms with Crippen molar-refractivity contribution in [1.29, 1.82) is 0 Å². The summed E-state index contributed by atoms with van der Waals surface area (Å²) in [6.07, 6.45) is 25.4. The van der Waals surface area contributed by atoms with E-state index in [1.54, 1.807) is 0 Å². The first kappa shape index (κ1) is 29.1. The van der Waals surface area contributed by atoms with E-state index in [0.717, 1.165) is 23.7 Å². The normalized spacial score (nSPS) is 25.5. The molecule has 0 heterocycles. The molecule has 152 valence electrons. The Balaban J connectivity index is 0. The van der Waals surface area contributed by atoms with E-state index in [1.165, 1.54) is 70.6 Å². The molecule has 3 aliphatic carbocycles. The molecule has 3 aliphatic rings. The molecular formula is C23H42Cl2Zr. The van der Waals surface area contributed by atoms with Crippen molar-refractivity contribution in [2.75, 3.05) is 0 Å². The van der Waals surface area contributed by atoms with Gasteiger partial charge in [0.1, 0.15) is 0 Å². The van der Waals surface area contributed by atoms with Crippen LogP contribution in [0.2, 0.25) is 0 Å². The average Bonchev–Trinajstić information content (AvgIpc) is 3.25. The number of halogens is 2. The van der Waals surface area contributed by atoms with Gasteiger partial charge in [-0.2, -0.15) is 0 Å². The third-order valence-electron chi connectivity index (χ3n) is 5.81. The predicted octanol–water partition coefficient (Wildman–Crippen LogP) is 9.20. The van der Waals surface area contributed by atoms with Crippen molar-refractivity contribution >= 4 is 17.0 Å². The first-order chi connectivity index (χ1) is 11.8. The van der Waals surface area contributed by atoms with Gasteiger partial charge in [0.2, 0.25) is 0 Å². The number of unbranched alkanes of at least 4 members (excludes halogenated alkanes) is 1. The van der Waals surface area contributed by atoms with Crippen LogP contribution in [0, 0.1) is 38.5 Å². The van der Waals surface area contributed by atoms with E-state index in [4.69, 9.17) is 17.0 Å². The summed E-state index contributed by atoms with van der Waals surface area (Å²) in [5.74, 6) is 3.87. The molecule has 26 heavy (non-hydrogen) atoms. The van der Waals surface area contributed by atoms with E-state index < -0.39 is 20.8 Å². The number of rotatable bonds is 5. The van der Waals surface area contributed by atoms with Gasteiger partial charge < -0.3 is 14.9 Å². The van der Waals surface area contributed by atoms with Crippen LogP contribution >= 0.6 is 17.0 Å². The van der Waals surface area contributed by atoms with Crippen molar-refractivity contribution < 1.29 is 20.8 Å². The SMILES string of the molecule is CCCC1CCC2C=CC=CC21.CCCCC1CCCC1.[CH3-].[CH3-].[Cl][Zr+2][Cl]. The van der Waals surface area contributed by atoms with Crippen molar-refractivity contribution in [3.05, 3.63) is 39.2 Å². The number of allylic oxidation sites excluding steroid dienone is 4. The first-order valence-corrected chi connectivity index (χ1v) is 16.4. The second kappa shape index (κ2) is 19.3. The Hall–Kier alpha value is 0.943. The van der Waals surface area contributed by atoms with Gasteiger partial charge in [-0.1, -0.05) is 95.9 Å². The van der Waals surface area contributed by atoms with Gasteiger partial charge in [0.05, 0.1) is 0 Å². The van der Waals surface area contributed by atoms with E-state index in [9.17, 15) is 0 Å². The second-order valence-corrected chi connectivity index (χ2v) is 11.2. The van der Waals surface area contributed by atoms with Crippen LogP contribution in [0.15, 0.2) is 24.3 Å². The van der Waals surface area contributed by atoms with Crippen molar-refractivity contribution in [3.8, 4) is 0 Å². The van der Waals surface area contributed by atoms with Crippen molar-refractivity contribution in [2.24, 2.45) is 23.7 Å². The average molecular weight is 481 g/mol. The van der Waals surface area contributed by atoms with E-state index in [2.05, 4.69) is 38.2 Å². The van der Waals surface area contributed by atoms with Crippen LogP contribution in [0.4, 0.5) is 0 Å². The summed E-state index contributed by atoms with van der Waals surface area (Å²) in [4.78, 5) is 0. The Bertz CT molecular complexity index is 348. The van der Waals surface area contributed by atoms with Crippen LogP contribution in [0.3, 0.4) is 0 Å². The molecule has 0 amide bonds. The molecule has 0 aromatic carbocycles. The molecule has 3 atom stereocenters. The summed E-state index contributed by atoms with van der Waals surface area (Å²) in [5, 5.41) is 0. The zero-order valence-corrected chi connectivity index (χ0v) is 21.6. The Morgan fingerprint density at radius 3 is 2.04 bits per heavy atom. The fraction of sp³-hybridized carbons (Fsp3) is 0.739. The van der Waals surface area contributed by atoms with E-state index in [0.29, 0.717) is 0 Å². The van der Waals surface area contributed by atoms with Gasteiger partial charge in [-0.15, -0.1) is 0 Å². The van der Waals surface area contributed by atoms with Crippen molar-refractivity contribution in [2.45, 2.75) is 84.5 Å². The molecule has 0 aliphatic heterocycles. The van der Waals surface area contributed by atoms with Crippen LogP contribution in [0.25, 0.3) is 0 Å².